The van der Waals surface area contributed by atoms with Crippen molar-refractivity contribution in [3.8, 4) is 55.9 Å². The molecule has 0 atom stereocenters. The summed E-state index contributed by atoms with van der Waals surface area (Å²) in [5, 5.41) is 7.77. The van der Waals surface area contributed by atoms with E-state index in [0.29, 0.717) is 0 Å². The van der Waals surface area contributed by atoms with E-state index >= 15 is 0 Å². The molecule has 5 nitrogen and oxygen atoms in total. The average molecular weight is 1600 g/mol. The van der Waals surface area contributed by atoms with Gasteiger partial charge < -0.3 is 23.8 Å². The van der Waals surface area contributed by atoms with E-state index in [4.69, 9.17) is 0 Å². The minimum absolute atomic E-state index is 0.105. The molecule has 0 aliphatic carbocycles. The fraction of sp³-hybridized carbons (Fsp3) is 0.0769. The highest BCUT2D eigenvalue weighted by atomic mass is 32.1. The van der Waals surface area contributed by atoms with Crippen LogP contribution in [0.25, 0.3) is 120 Å². The molecule has 0 fully saturated rings. The van der Waals surface area contributed by atoms with Gasteiger partial charge in [-0.25, -0.2) is 0 Å². The Labute approximate surface area is 722 Å². The van der Waals surface area contributed by atoms with Gasteiger partial charge in [-0.15, -0.1) is 11.3 Å². The zero-order valence-corrected chi connectivity index (χ0v) is 70.5. The first-order chi connectivity index (χ1) is 60.3. The van der Waals surface area contributed by atoms with Crippen molar-refractivity contribution >= 4 is 126 Å². The number of para-hydroxylation sites is 9. The molecule has 24 rings (SSSR count). The Bertz CT molecular complexity index is 7650. The number of hydrogen-bond acceptors (Lipinski definition) is 4. The summed E-state index contributed by atoms with van der Waals surface area (Å²) in [6.07, 6.45) is 0. The number of hydrogen-bond donors (Lipinski definition) is 0. The summed E-state index contributed by atoms with van der Waals surface area (Å²) in [6.45, 7) is 14.1. The largest absolute Gasteiger partial charge is 0.310 e. The van der Waals surface area contributed by atoms with Crippen LogP contribution in [-0.2, 0) is 16.2 Å². The van der Waals surface area contributed by atoms with E-state index in [1.165, 1.54) is 199 Å². The molecule has 0 N–H and O–H groups in total. The molecule has 3 aliphatic heterocycles. The first-order valence-corrected chi connectivity index (χ1v) is 43.6. The number of rotatable bonds is 9. The number of nitrogens with zero attached hydrogens (tertiary/aromatic N) is 5. The van der Waals surface area contributed by atoms with Crippen molar-refractivity contribution in [2.45, 2.75) is 57.8 Å². The van der Waals surface area contributed by atoms with Crippen molar-refractivity contribution in [1.29, 1.82) is 0 Å². The van der Waals surface area contributed by atoms with Gasteiger partial charge in [0.25, 0.3) is 0 Å². The Morgan fingerprint density at radius 3 is 0.854 bits per heavy atom. The Kier molecular flexibility index (Phi) is 18.1. The third-order valence-electron chi connectivity index (χ3n) is 26.2. The van der Waals surface area contributed by atoms with Crippen molar-refractivity contribution in [3.05, 3.63) is 464 Å². The molecule has 6 heteroatoms. The van der Waals surface area contributed by atoms with E-state index in [-0.39, 0.29) is 16.2 Å². The maximum absolute atomic E-state index is 2.44. The minimum atomic E-state index is -0.171. The standard InChI is InChI=1S/C45H34N2.C39H30N2.C33H25NS/c1-45(2)39-18-10-12-20-43(39)47(36-25-21-32(22-26-36)31-13-5-3-6-14-31)44-28-24-34(30-40(44)45)33-23-27-42-38(29-33)37-17-9-11-19-41(37)46(42)35-15-7-4-8-16-35;1-39(2)33-18-10-12-20-37(33)41(30-15-7-4-8-16-30)38-24-22-28(26-34(38)39)27-21-23-36-32(25-27)31-17-9-11-19-35(31)40(36)29-13-5-3-6-14-29;1-33(2)27-13-7-8-14-29(27)34(24-10-4-3-5-11-24)30-18-16-23(21-28(30)33)22-17-19-32-26(20-22)25-12-6-9-15-31(25)35-32/h3-30H,1-2H3;3-26H,1-2H3;3-21H,1-2H3. The van der Waals surface area contributed by atoms with Crippen molar-refractivity contribution < 1.29 is 0 Å². The lowest BCUT2D eigenvalue weighted by Gasteiger charge is -2.42. The van der Waals surface area contributed by atoms with E-state index in [1.807, 2.05) is 11.3 Å². The molecule has 18 aromatic carbocycles. The monoisotopic (exact) mass is 1600 g/mol. The van der Waals surface area contributed by atoms with Crippen LogP contribution >= 0.6 is 11.3 Å². The van der Waals surface area contributed by atoms with Crippen molar-refractivity contribution in [2.24, 2.45) is 0 Å². The number of fused-ring (bicyclic) bond motifs is 15. The third kappa shape index (κ3) is 12.6. The Morgan fingerprint density at radius 1 is 0.171 bits per heavy atom. The number of benzene rings is 18. The van der Waals surface area contributed by atoms with Crippen molar-refractivity contribution in [1.82, 2.24) is 9.13 Å². The number of anilines is 9. The van der Waals surface area contributed by atoms with E-state index < -0.39 is 0 Å². The van der Waals surface area contributed by atoms with Crippen LogP contribution in [0.3, 0.4) is 0 Å². The quantitative estimate of drug-likeness (QED) is 0.144. The molecule has 3 aliphatic rings. The maximum atomic E-state index is 2.44. The van der Waals surface area contributed by atoms with Gasteiger partial charge in [0.15, 0.2) is 0 Å². The lowest BCUT2D eigenvalue weighted by atomic mass is 9.73. The highest BCUT2D eigenvalue weighted by molar-refractivity contribution is 7.25. The zero-order chi connectivity index (χ0) is 82.7. The van der Waals surface area contributed by atoms with Gasteiger partial charge in [0.2, 0.25) is 0 Å². The van der Waals surface area contributed by atoms with Crippen LogP contribution < -0.4 is 14.7 Å². The van der Waals surface area contributed by atoms with Crippen LogP contribution in [0.15, 0.2) is 431 Å². The highest BCUT2D eigenvalue weighted by Crippen LogP contribution is 2.57. The second-order valence-electron chi connectivity index (χ2n) is 34.4. The van der Waals surface area contributed by atoms with Gasteiger partial charge in [0, 0.05) is 86.4 Å². The second kappa shape index (κ2) is 29.9. The fourth-order valence-electron chi connectivity index (χ4n) is 20.0. The molecule has 0 unspecified atom stereocenters. The minimum Gasteiger partial charge on any atom is -0.310 e. The average Bonchev–Trinajstić information content (AvgIpc) is 1.29. The van der Waals surface area contributed by atoms with Crippen LogP contribution in [0.5, 0.6) is 0 Å². The first kappa shape index (κ1) is 74.5. The predicted octanol–water partition coefficient (Wildman–Crippen LogP) is 32.6. The lowest BCUT2D eigenvalue weighted by Crippen LogP contribution is -2.30. The SMILES string of the molecule is CC1(C)c2ccccc2N(c2ccc(-c3ccccc3)cc2)c2ccc(-c3ccc4c(c3)c3ccccc3n4-c3ccccc3)cc21.CC1(C)c2ccccc2N(c2ccccc2)c2ccc(-c3ccc4c(c3)c3ccccc3n4-c3ccccc3)cc21.CC1(C)c2ccccc2N(c2ccccc2)c2ccc(-c3ccc4sc5ccccc5c4c3)cc21. The van der Waals surface area contributed by atoms with Gasteiger partial charge in [-0.2, -0.15) is 0 Å². The summed E-state index contributed by atoms with van der Waals surface area (Å²) < 4.78 is 7.44. The van der Waals surface area contributed by atoms with Gasteiger partial charge in [-0.3, -0.25) is 0 Å². The highest BCUT2D eigenvalue weighted by Gasteiger charge is 2.41. The van der Waals surface area contributed by atoms with Crippen LogP contribution in [-0.4, -0.2) is 9.13 Å². The Hall–Kier alpha value is -14.8. The van der Waals surface area contributed by atoms with Crippen LogP contribution in [0.1, 0.15) is 74.9 Å². The molecule has 3 aromatic heterocycles. The van der Waals surface area contributed by atoms with Crippen LogP contribution in [0.4, 0.5) is 51.2 Å². The van der Waals surface area contributed by atoms with E-state index in [2.05, 4.69) is 496 Å². The van der Waals surface area contributed by atoms with Gasteiger partial charge in [-0.05, 0) is 248 Å². The van der Waals surface area contributed by atoms with Gasteiger partial charge in [0.05, 0.1) is 56.2 Å². The molecule has 21 aromatic rings. The Balaban J connectivity index is 0.000000111. The van der Waals surface area contributed by atoms with Gasteiger partial charge in [0.1, 0.15) is 0 Å². The van der Waals surface area contributed by atoms with E-state index in [1.54, 1.807) is 0 Å². The molecule has 123 heavy (non-hydrogen) atoms. The van der Waals surface area contributed by atoms with Crippen LogP contribution in [0.2, 0.25) is 0 Å². The zero-order valence-electron chi connectivity index (χ0n) is 69.6. The molecule has 0 bridgehead atoms. The maximum Gasteiger partial charge on any atom is 0.0541 e. The second-order valence-corrected chi connectivity index (χ2v) is 35.4. The smallest absolute Gasteiger partial charge is 0.0541 e. The normalized spacial score (nSPS) is 13.8. The summed E-state index contributed by atoms with van der Waals surface area (Å²) in [4.78, 5) is 7.26. The third-order valence-corrected chi connectivity index (χ3v) is 27.4. The lowest BCUT2D eigenvalue weighted by molar-refractivity contribution is 0.632. The van der Waals surface area contributed by atoms with Gasteiger partial charge in [-0.1, -0.05) is 302 Å². The summed E-state index contributed by atoms with van der Waals surface area (Å²) in [5.41, 5.74) is 35.8. The molecular formula is C117H89N5S. The van der Waals surface area contributed by atoms with Crippen molar-refractivity contribution in [3.63, 3.8) is 0 Å². The van der Waals surface area contributed by atoms with Crippen LogP contribution in [0, 0.1) is 0 Å². The number of aromatic nitrogens is 2. The topological polar surface area (TPSA) is 19.6 Å². The fourth-order valence-corrected chi connectivity index (χ4v) is 21.1. The molecule has 0 radical (unpaired) electrons. The van der Waals surface area contributed by atoms with Gasteiger partial charge >= 0.3 is 0 Å². The molecule has 0 saturated heterocycles. The molecule has 6 heterocycles. The van der Waals surface area contributed by atoms with E-state index in [9.17, 15) is 0 Å². The molecule has 588 valence electrons. The Morgan fingerprint density at radius 2 is 0.439 bits per heavy atom. The molecule has 0 spiro atoms. The summed E-state index contributed by atoms with van der Waals surface area (Å²) >= 11 is 1.87. The first-order valence-electron chi connectivity index (χ1n) is 42.8. The molecular weight excluding hydrogens is 1510 g/mol. The summed E-state index contributed by atoms with van der Waals surface area (Å²) in [6, 6.07) is 157. The van der Waals surface area contributed by atoms with Crippen molar-refractivity contribution in [2.75, 3.05) is 14.7 Å². The van der Waals surface area contributed by atoms with E-state index in [0.717, 1.165) is 5.69 Å². The summed E-state index contributed by atoms with van der Waals surface area (Å²) in [7, 11) is 0. The summed E-state index contributed by atoms with van der Waals surface area (Å²) in [5.74, 6) is 0. The number of thiophene rings is 1. The predicted molar refractivity (Wildman–Crippen MR) is 523 cm³/mol. The molecule has 0 saturated carbocycles. The molecule has 0 amide bonds.